The summed E-state index contributed by atoms with van der Waals surface area (Å²) < 4.78 is 0. The molecule has 0 aromatic heterocycles. The van der Waals surface area contributed by atoms with Gasteiger partial charge in [0.1, 0.15) is 6.04 Å². The molecular formula is C20H21Cl3N2O2. The van der Waals surface area contributed by atoms with Gasteiger partial charge in [-0.15, -0.1) is 0 Å². The highest BCUT2D eigenvalue weighted by Crippen LogP contribution is 2.26. The first-order chi connectivity index (χ1) is 12.8. The van der Waals surface area contributed by atoms with E-state index in [2.05, 4.69) is 5.32 Å². The van der Waals surface area contributed by atoms with Gasteiger partial charge in [0.15, 0.2) is 0 Å². The zero-order valence-corrected chi connectivity index (χ0v) is 17.4. The van der Waals surface area contributed by atoms with Crippen LogP contribution in [0.1, 0.15) is 25.0 Å². The van der Waals surface area contributed by atoms with Crippen molar-refractivity contribution < 1.29 is 9.59 Å². The van der Waals surface area contributed by atoms with Crippen LogP contribution in [0.4, 0.5) is 0 Å². The van der Waals surface area contributed by atoms with Gasteiger partial charge >= 0.3 is 0 Å². The summed E-state index contributed by atoms with van der Waals surface area (Å²) in [6, 6.07) is 11.6. The molecular weight excluding hydrogens is 407 g/mol. The van der Waals surface area contributed by atoms with E-state index in [4.69, 9.17) is 34.8 Å². The van der Waals surface area contributed by atoms with Crippen LogP contribution in [0.5, 0.6) is 0 Å². The summed E-state index contributed by atoms with van der Waals surface area (Å²) in [4.78, 5) is 26.9. The molecule has 0 aliphatic rings. The molecule has 0 unspecified atom stereocenters. The van der Waals surface area contributed by atoms with E-state index in [-0.39, 0.29) is 24.8 Å². The molecule has 27 heavy (non-hydrogen) atoms. The molecule has 2 aromatic rings. The Morgan fingerprint density at radius 3 is 2.19 bits per heavy atom. The number of hydrogen-bond donors (Lipinski definition) is 1. The molecule has 1 atom stereocenters. The van der Waals surface area contributed by atoms with Gasteiger partial charge in [0.05, 0.1) is 6.42 Å². The molecule has 4 nitrogen and oxygen atoms in total. The Hall–Kier alpha value is -1.75. The Bertz CT molecular complexity index is 789. The standard InChI is InChI=1S/C20H21Cl3N2O2/c1-3-24-20(27)13(2)25(12-14-7-9-15(21)10-8-14)19(26)11-16-17(22)5-4-6-18(16)23/h4-10,13H,3,11-12H2,1-2H3,(H,24,27)/t13-/m1/s1. The molecule has 0 fully saturated rings. The van der Waals surface area contributed by atoms with Gasteiger partial charge in [-0.05, 0) is 49.2 Å². The van der Waals surface area contributed by atoms with Crippen LogP contribution < -0.4 is 5.32 Å². The van der Waals surface area contributed by atoms with Gasteiger partial charge in [-0.1, -0.05) is 53.0 Å². The second-order valence-corrected chi connectivity index (χ2v) is 7.35. The Kier molecular flexibility index (Phi) is 7.96. The van der Waals surface area contributed by atoms with E-state index in [1.165, 1.54) is 4.90 Å². The number of nitrogens with one attached hydrogen (secondary N) is 1. The van der Waals surface area contributed by atoms with Crippen molar-refractivity contribution in [1.29, 1.82) is 0 Å². The van der Waals surface area contributed by atoms with Crippen molar-refractivity contribution in [1.82, 2.24) is 10.2 Å². The molecule has 0 bridgehead atoms. The van der Waals surface area contributed by atoms with Crippen LogP contribution in [0.15, 0.2) is 42.5 Å². The van der Waals surface area contributed by atoms with E-state index in [0.29, 0.717) is 27.2 Å². The first-order valence-corrected chi connectivity index (χ1v) is 9.71. The summed E-state index contributed by atoms with van der Waals surface area (Å²) in [7, 11) is 0. The largest absolute Gasteiger partial charge is 0.355 e. The van der Waals surface area contributed by atoms with Gasteiger partial charge in [-0.3, -0.25) is 9.59 Å². The molecule has 2 rings (SSSR count). The molecule has 0 aliphatic carbocycles. The quantitative estimate of drug-likeness (QED) is 0.693. The van der Waals surface area contributed by atoms with Gasteiger partial charge in [0.25, 0.3) is 0 Å². The smallest absolute Gasteiger partial charge is 0.242 e. The third-order valence-corrected chi connectivity index (χ3v) is 5.13. The van der Waals surface area contributed by atoms with Gasteiger partial charge in [-0.2, -0.15) is 0 Å². The normalized spacial score (nSPS) is 11.7. The molecule has 1 N–H and O–H groups in total. The molecule has 0 saturated carbocycles. The number of carbonyl (C=O) groups excluding carboxylic acids is 2. The third-order valence-electron chi connectivity index (χ3n) is 4.17. The lowest BCUT2D eigenvalue weighted by atomic mass is 10.1. The fourth-order valence-corrected chi connectivity index (χ4v) is 3.30. The number of halogens is 3. The van der Waals surface area contributed by atoms with Crippen LogP contribution in [-0.2, 0) is 22.6 Å². The van der Waals surface area contributed by atoms with E-state index >= 15 is 0 Å². The molecule has 0 radical (unpaired) electrons. The molecule has 0 aliphatic heterocycles. The zero-order chi connectivity index (χ0) is 20.0. The molecule has 2 aromatic carbocycles. The van der Waals surface area contributed by atoms with Crippen LogP contribution in [0.2, 0.25) is 15.1 Å². The minimum atomic E-state index is -0.644. The Morgan fingerprint density at radius 2 is 1.63 bits per heavy atom. The number of rotatable bonds is 7. The average molecular weight is 428 g/mol. The summed E-state index contributed by atoms with van der Waals surface area (Å²) in [5, 5.41) is 4.21. The highest BCUT2D eigenvalue weighted by molar-refractivity contribution is 6.36. The van der Waals surface area contributed by atoms with Gasteiger partial charge < -0.3 is 10.2 Å². The van der Waals surface area contributed by atoms with E-state index in [1.807, 2.05) is 19.1 Å². The fourth-order valence-electron chi connectivity index (χ4n) is 2.65. The van der Waals surface area contributed by atoms with Crippen molar-refractivity contribution >= 4 is 46.6 Å². The monoisotopic (exact) mass is 426 g/mol. The van der Waals surface area contributed by atoms with Gasteiger partial charge in [-0.25, -0.2) is 0 Å². The highest BCUT2D eigenvalue weighted by Gasteiger charge is 2.26. The predicted octanol–water partition coefficient (Wildman–Crippen LogP) is 4.74. The third kappa shape index (κ3) is 5.86. The lowest BCUT2D eigenvalue weighted by molar-refractivity contribution is -0.140. The minimum Gasteiger partial charge on any atom is -0.355 e. The average Bonchev–Trinajstić information content (AvgIpc) is 2.64. The molecule has 0 spiro atoms. The van der Waals surface area contributed by atoms with Crippen molar-refractivity contribution in [3.05, 3.63) is 68.7 Å². The number of benzene rings is 2. The second-order valence-electron chi connectivity index (χ2n) is 6.10. The van der Waals surface area contributed by atoms with Crippen LogP contribution in [0.3, 0.4) is 0 Å². The topological polar surface area (TPSA) is 49.4 Å². The molecule has 144 valence electrons. The van der Waals surface area contributed by atoms with Crippen LogP contribution in [-0.4, -0.2) is 29.3 Å². The van der Waals surface area contributed by atoms with Gasteiger partial charge in [0, 0.05) is 28.2 Å². The summed E-state index contributed by atoms with van der Waals surface area (Å²) in [5.41, 5.74) is 1.42. The predicted molar refractivity (Wildman–Crippen MR) is 110 cm³/mol. The van der Waals surface area contributed by atoms with Crippen LogP contribution in [0, 0.1) is 0 Å². The number of likely N-dealkylation sites (N-methyl/N-ethyl adjacent to an activating group) is 1. The van der Waals surface area contributed by atoms with E-state index in [0.717, 1.165) is 5.56 Å². The number of hydrogen-bond acceptors (Lipinski definition) is 2. The Morgan fingerprint density at radius 1 is 1.04 bits per heavy atom. The number of nitrogens with zero attached hydrogens (tertiary/aromatic N) is 1. The Balaban J connectivity index is 2.28. The molecule has 7 heteroatoms. The zero-order valence-electron chi connectivity index (χ0n) is 15.1. The van der Waals surface area contributed by atoms with Crippen molar-refractivity contribution in [2.45, 2.75) is 32.9 Å². The van der Waals surface area contributed by atoms with E-state index < -0.39 is 6.04 Å². The first kappa shape index (κ1) is 21.5. The summed E-state index contributed by atoms with van der Waals surface area (Å²) in [6.45, 7) is 4.30. The van der Waals surface area contributed by atoms with Crippen molar-refractivity contribution in [3.63, 3.8) is 0 Å². The second kappa shape index (κ2) is 9.98. The van der Waals surface area contributed by atoms with Gasteiger partial charge in [0.2, 0.25) is 11.8 Å². The van der Waals surface area contributed by atoms with Crippen LogP contribution in [0.25, 0.3) is 0 Å². The maximum Gasteiger partial charge on any atom is 0.242 e. The lowest BCUT2D eigenvalue weighted by Gasteiger charge is -2.29. The first-order valence-electron chi connectivity index (χ1n) is 8.58. The highest BCUT2D eigenvalue weighted by atomic mass is 35.5. The van der Waals surface area contributed by atoms with Crippen molar-refractivity contribution in [3.8, 4) is 0 Å². The SMILES string of the molecule is CCNC(=O)[C@@H](C)N(Cc1ccc(Cl)cc1)C(=O)Cc1c(Cl)cccc1Cl. The maximum absolute atomic E-state index is 13.0. The summed E-state index contributed by atoms with van der Waals surface area (Å²) >= 11 is 18.3. The fraction of sp³-hybridized carbons (Fsp3) is 0.300. The molecule has 0 saturated heterocycles. The minimum absolute atomic E-state index is 0.00976. The van der Waals surface area contributed by atoms with Crippen molar-refractivity contribution in [2.24, 2.45) is 0 Å². The molecule has 2 amide bonds. The van der Waals surface area contributed by atoms with Crippen LogP contribution >= 0.6 is 34.8 Å². The lowest BCUT2D eigenvalue weighted by Crippen LogP contribution is -2.48. The maximum atomic E-state index is 13.0. The van der Waals surface area contributed by atoms with E-state index in [9.17, 15) is 9.59 Å². The molecule has 0 heterocycles. The summed E-state index contributed by atoms with van der Waals surface area (Å²) in [6.07, 6.45) is 0.00976. The Labute approximate surface area is 174 Å². The van der Waals surface area contributed by atoms with Crippen molar-refractivity contribution in [2.75, 3.05) is 6.54 Å². The van der Waals surface area contributed by atoms with E-state index in [1.54, 1.807) is 37.3 Å². The number of carbonyl (C=O) groups is 2. The summed E-state index contributed by atoms with van der Waals surface area (Å²) in [5.74, 6) is -0.455. The number of amides is 2.